The Morgan fingerprint density at radius 2 is 0.898 bits per heavy atom. The van der Waals surface area contributed by atoms with Crippen molar-refractivity contribution in [3.63, 3.8) is 0 Å². The number of carbonyl (C=O) groups excluding carboxylic acids is 4. The lowest BCUT2D eigenvalue weighted by Crippen LogP contribution is -2.55. The summed E-state index contributed by atoms with van der Waals surface area (Å²) < 4.78 is 38.5. The smallest absolute Gasteiger partial charge is 0.336 e. The van der Waals surface area contributed by atoms with Gasteiger partial charge < -0.3 is 48.7 Å². The molecule has 0 saturated carbocycles. The van der Waals surface area contributed by atoms with Gasteiger partial charge in [0.2, 0.25) is 0 Å². The van der Waals surface area contributed by atoms with E-state index in [0.717, 1.165) is 0 Å². The van der Waals surface area contributed by atoms with Crippen LogP contribution in [0.3, 0.4) is 0 Å². The molecule has 1 heterocycles. The van der Waals surface area contributed by atoms with E-state index in [9.17, 15) is 43.2 Å². The number of carbonyl (C=O) groups is 4. The fourth-order valence-corrected chi connectivity index (χ4v) is 4.55. The molecular formula is C28H46N3O17P. The molecule has 20 nitrogen and oxygen atoms in total. The zero-order valence-electron chi connectivity index (χ0n) is 27.2. The van der Waals surface area contributed by atoms with Gasteiger partial charge in [-0.2, -0.15) is 0 Å². The van der Waals surface area contributed by atoms with Crippen LogP contribution in [-0.2, 0) is 67.1 Å². The first-order chi connectivity index (χ1) is 23.4. The van der Waals surface area contributed by atoms with E-state index in [4.69, 9.17) is 39.0 Å². The Hall–Kier alpha value is -3.68. The van der Waals surface area contributed by atoms with E-state index in [1.165, 1.54) is 0 Å². The highest BCUT2D eigenvalue weighted by molar-refractivity contribution is 7.63. The van der Waals surface area contributed by atoms with Crippen LogP contribution in [0.15, 0.2) is 14.4 Å². The molecular weight excluding hydrogens is 681 g/mol. The second-order valence-electron chi connectivity index (χ2n) is 10.4. The third-order valence-electron chi connectivity index (χ3n) is 6.59. The minimum Gasteiger partial charge on any atom is -0.464 e. The van der Waals surface area contributed by atoms with Crippen molar-refractivity contribution in [2.24, 2.45) is 0 Å². The van der Waals surface area contributed by atoms with Crippen LogP contribution in [0.25, 0.3) is 0 Å². The molecule has 0 bridgehead atoms. The lowest BCUT2D eigenvalue weighted by Gasteiger charge is -2.14. The van der Waals surface area contributed by atoms with Gasteiger partial charge in [-0.25, -0.2) is 28.1 Å². The summed E-state index contributed by atoms with van der Waals surface area (Å²) in [5.74, 6) is -2.56. The number of hydrogen-bond acceptors (Lipinski definition) is 17. The summed E-state index contributed by atoms with van der Waals surface area (Å²) in [7, 11) is -3.39. The van der Waals surface area contributed by atoms with E-state index in [1.807, 2.05) is 0 Å². The van der Waals surface area contributed by atoms with Crippen LogP contribution in [-0.4, -0.2) is 123 Å². The molecule has 0 aliphatic heterocycles. The number of hydrogen-bond donors (Lipinski definition) is 4. The van der Waals surface area contributed by atoms with Gasteiger partial charge in [0, 0.05) is 25.7 Å². The van der Waals surface area contributed by atoms with Gasteiger partial charge in [-0.3, -0.25) is 19.2 Å². The van der Waals surface area contributed by atoms with Crippen LogP contribution in [0.5, 0.6) is 0 Å². The number of aromatic nitrogens is 3. The third-order valence-corrected chi connectivity index (χ3v) is 8.22. The maximum absolute atomic E-state index is 13.0. The minimum absolute atomic E-state index is 0.0368. The number of nitrogens with zero attached hydrogens (tertiary/aromatic N) is 3. The maximum atomic E-state index is 13.0. The Balaban J connectivity index is 2.56. The third kappa shape index (κ3) is 17.0. The van der Waals surface area contributed by atoms with Crippen molar-refractivity contribution < 1.29 is 67.9 Å². The first-order valence-corrected chi connectivity index (χ1v) is 17.8. The van der Waals surface area contributed by atoms with Crippen molar-refractivity contribution in [1.82, 2.24) is 13.7 Å². The Bertz CT molecular complexity index is 1410. The zero-order valence-corrected chi connectivity index (χ0v) is 28.1. The van der Waals surface area contributed by atoms with Gasteiger partial charge in [0.1, 0.15) is 38.9 Å². The average Bonchev–Trinajstić information content (AvgIpc) is 3.08. The van der Waals surface area contributed by atoms with Gasteiger partial charge in [0.15, 0.2) is 7.14 Å². The predicted molar refractivity (Wildman–Crippen MR) is 167 cm³/mol. The quantitative estimate of drug-likeness (QED) is 0.0320. The highest BCUT2D eigenvalue weighted by atomic mass is 31.2. The Morgan fingerprint density at radius 1 is 0.510 bits per heavy atom. The van der Waals surface area contributed by atoms with Gasteiger partial charge in [-0.05, 0) is 25.7 Å². The summed E-state index contributed by atoms with van der Waals surface area (Å²) in [5, 5.41) is 35.9. The Morgan fingerprint density at radius 3 is 1.29 bits per heavy atom. The van der Waals surface area contributed by atoms with E-state index in [2.05, 4.69) is 0 Å². The molecule has 0 unspecified atom stereocenters. The van der Waals surface area contributed by atoms with E-state index in [0.29, 0.717) is 26.5 Å². The van der Waals surface area contributed by atoms with Crippen LogP contribution in [0, 0.1) is 0 Å². The summed E-state index contributed by atoms with van der Waals surface area (Å²) >= 11 is 0. The number of unbranched alkanes of at least 4 members (excludes halogenated alkanes) is 2. The van der Waals surface area contributed by atoms with E-state index in [-0.39, 0.29) is 65.0 Å². The number of aliphatic hydroxyl groups excluding tert-OH is 4. The van der Waals surface area contributed by atoms with Crippen LogP contribution < -0.4 is 17.1 Å². The van der Waals surface area contributed by atoms with Crippen molar-refractivity contribution in [3.05, 3.63) is 31.5 Å². The van der Waals surface area contributed by atoms with Crippen LogP contribution in [0.2, 0.25) is 0 Å². The summed E-state index contributed by atoms with van der Waals surface area (Å²) in [6.07, 6.45) is -1.42. The van der Waals surface area contributed by atoms with Crippen molar-refractivity contribution >= 4 is 31.0 Å². The Labute approximate surface area is 280 Å². The van der Waals surface area contributed by atoms with Crippen LogP contribution in [0.1, 0.15) is 51.4 Å². The van der Waals surface area contributed by atoms with Gasteiger partial charge in [-0.1, -0.05) is 0 Å². The second kappa shape index (κ2) is 24.5. The number of rotatable bonds is 27. The number of ether oxygens (including phenoxy) is 5. The maximum Gasteiger partial charge on any atom is 0.336 e. The first kappa shape index (κ1) is 43.3. The van der Waals surface area contributed by atoms with Crippen molar-refractivity contribution in [2.75, 3.05) is 65.3 Å². The minimum atomic E-state index is -3.39. The fourth-order valence-electron chi connectivity index (χ4n) is 3.92. The summed E-state index contributed by atoms with van der Waals surface area (Å²) in [6.45, 7) is -2.53. The average molecular weight is 728 g/mol. The standard InChI is InChI=1S/C28H46N3O17P/c32-12-9-29-26(40)30(10-14-45-22(36)5-1-2-7-24(38)47-18-17-44-16-13-33)28(42)31(27(29)41)11-15-46-23(37)6-3-4-8-25(39)48-21-49(43,19-34)20-35/h32-35H,1-21H2. The van der Waals surface area contributed by atoms with Gasteiger partial charge in [0.25, 0.3) is 0 Å². The van der Waals surface area contributed by atoms with Crippen molar-refractivity contribution in [2.45, 2.75) is 71.0 Å². The molecule has 280 valence electrons. The lowest BCUT2D eigenvalue weighted by atomic mass is 10.2. The van der Waals surface area contributed by atoms with Crippen LogP contribution in [0.4, 0.5) is 0 Å². The monoisotopic (exact) mass is 727 g/mol. The highest BCUT2D eigenvalue weighted by Gasteiger charge is 2.22. The molecule has 1 rings (SSSR count). The largest absolute Gasteiger partial charge is 0.464 e. The molecule has 0 aromatic carbocycles. The van der Waals surface area contributed by atoms with E-state index in [1.54, 1.807) is 0 Å². The molecule has 0 fully saturated rings. The van der Waals surface area contributed by atoms with Crippen molar-refractivity contribution in [3.8, 4) is 0 Å². The lowest BCUT2D eigenvalue weighted by molar-refractivity contribution is -0.147. The zero-order chi connectivity index (χ0) is 36.7. The Kier molecular flexibility index (Phi) is 21.6. The van der Waals surface area contributed by atoms with E-state index < -0.39 is 107 Å². The second-order valence-corrected chi connectivity index (χ2v) is 13.4. The molecule has 0 atom stereocenters. The normalized spacial score (nSPS) is 11.3. The summed E-state index contributed by atoms with van der Waals surface area (Å²) in [5.41, 5.74) is -3.14. The molecule has 4 N–H and O–H groups in total. The van der Waals surface area contributed by atoms with Gasteiger partial charge >= 0.3 is 40.9 Å². The fraction of sp³-hybridized carbons (Fsp3) is 0.750. The van der Waals surface area contributed by atoms with Crippen LogP contribution >= 0.6 is 7.14 Å². The predicted octanol–water partition coefficient (Wildman–Crippen LogP) is -2.31. The molecule has 21 heteroatoms. The number of esters is 4. The highest BCUT2D eigenvalue weighted by Crippen LogP contribution is 2.42. The molecule has 49 heavy (non-hydrogen) atoms. The van der Waals surface area contributed by atoms with Gasteiger partial charge in [-0.15, -0.1) is 0 Å². The molecule has 0 aliphatic rings. The number of aliphatic hydroxyl groups is 4. The van der Waals surface area contributed by atoms with E-state index >= 15 is 0 Å². The molecule has 0 saturated heterocycles. The van der Waals surface area contributed by atoms with Gasteiger partial charge in [0.05, 0.1) is 46.1 Å². The SMILES string of the molecule is O=C(CCCCC(=O)OCCn1c(=O)n(CCO)c(=O)n(CCOC(=O)CCCCC(=O)OCP(=O)(CO)CO)c1=O)OCCOCCO. The van der Waals surface area contributed by atoms with Crippen molar-refractivity contribution in [1.29, 1.82) is 0 Å². The molecule has 0 aliphatic carbocycles. The molecule has 1 aromatic heterocycles. The first-order valence-electron chi connectivity index (χ1n) is 15.6. The molecule has 0 amide bonds. The topological polar surface area (TPSA) is 278 Å². The molecule has 0 spiro atoms. The molecule has 1 aromatic rings. The summed E-state index contributed by atoms with van der Waals surface area (Å²) in [6, 6.07) is 0. The molecule has 0 radical (unpaired) electrons. The summed E-state index contributed by atoms with van der Waals surface area (Å²) in [4.78, 5) is 86.1.